The number of hydrogen-bond donors (Lipinski definition) is 1. The maximum Gasteiger partial charge on any atom is 0.422 e. The van der Waals surface area contributed by atoms with Crippen molar-refractivity contribution in [1.82, 2.24) is 19.9 Å². The van der Waals surface area contributed by atoms with Gasteiger partial charge >= 0.3 is 6.18 Å². The van der Waals surface area contributed by atoms with E-state index in [-0.39, 0.29) is 46.2 Å². The molecule has 37 heavy (non-hydrogen) atoms. The lowest BCUT2D eigenvalue weighted by Gasteiger charge is -2.34. The molecule has 1 aliphatic heterocycles. The number of halogens is 5. The number of hydrogen-bond acceptors (Lipinski definition) is 7. The molecule has 4 rings (SSSR count). The zero-order valence-corrected chi connectivity index (χ0v) is 21.1. The van der Waals surface area contributed by atoms with Crippen LogP contribution in [0.5, 0.6) is 17.4 Å². The molecule has 1 N–H and O–H groups in total. The number of carbonyl (C=O) groups excluding carboxylic acids is 1. The lowest BCUT2D eigenvalue weighted by Crippen LogP contribution is -2.51. The van der Waals surface area contributed by atoms with Crippen LogP contribution in [0.1, 0.15) is 30.4 Å². The van der Waals surface area contributed by atoms with Gasteiger partial charge in [-0.15, -0.1) is 0 Å². The van der Waals surface area contributed by atoms with Crippen LogP contribution in [0.2, 0.25) is 5.02 Å². The van der Waals surface area contributed by atoms with Gasteiger partial charge in [0, 0.05) is 24.8 Å². The number of pyridine rings is 1. The van der Waals surface area contributed by atoms with Gasteiger partial charge in [0.25, 0.3) is 11.8 Å². The van der Waals surface area contributed by atoms with Crippen molar-refractivity contribution in [2.24, 2.45) is 7.05 Å². The van der Waals surface area contributed by atoms with E-state index in [1.54, 1.807) is 6.92 Å². The molecule has 0 spiro atoms. The molecule has 3 aromatic rings. The number of sulfone groups is 1. The molecule has 9 nitrogen and oxygen atoms in total. The van der Waals surface area contributed by atoms with Gasteiger partial charge in [-0.2, -0.15) is 13.2 Å². The Bertz CT molecular complexity index is 1460. The Morgan fingerprint density at radius 3 is 2.57 bits per heavy atom. The fraction of sp³-hybridized carbons (Fsp3) is 0.409. The molecule has 0 atom stereocenters. The van der Waals surface area contributed by atoms with E-state index >= 15 is 4.39 Å². The fourth-order valence-electron chi connectivity index (χ4n) is 3.82. The second-order valence-electron chi connectivity index (χ2n) is 8.87. The Hall–Kier alpha value is -3.13. The summed E-state index contributed by atoms with van der Waals surface area (Å²) in [6.45, 7) is 0.0876. The highest BCUT2D eigenvalue weighted by Gasteiger charge is 2.36. The average molecular weight is 565 g/mol. The van der Waals surface area contributed by atoms with Crippen molar-refractivity contribution in [2.75, 3.05) is 18.1 Å². The maximum absolute atomic E-state index is 15.4. The molecule has 0 radical (unpaired) electrons. The molecule has 0 unspecified atom stereocenters. The number of nitrogens with zero attached hydrogens (tertiary/aromatic N) is 3. The summed E-state index contributed by atoms with van der Waals surface area (Å²) in [5, 5.41) is 2.77. The lowest BCUT2D eigenvalue weighted by atomic mass is 9.95. The van der Waals surface area contributed by atoms with Crippen molar-refractivity contribution in [3.8, 4) is 17.4 Å². The summed E-state index contributed by atoms with van der Waals surface area (Å²) < 4.78 is 88.1. The monoisotopic (exact) mass is 564 g/mol. The summed E-state index contributed by atoms with van der Waals surface area (Å²) in [4.78, 5) is 20.9. The van der Waals surface area contributed by atoms with E-state index in [4.69, 9.17) is 21.1 Å². The van der Waals surface area contributed by atoms with E-state index in [0.717, 1.165) is 12.3 Å². The zero-order chi connectivity index (χ0) is 27.2. The van der Waals surface area contributed by atoms with Gasteiger partial charge < -0.3 is 19.4 Å². The van der Waals surface area contributed by atoms with Crippen LogP contribution < -0.4 is 14.8 Å². The smallest absolute Gasteiger partial charge is 0.422 e. The van der Waals surface area contributed by atoms with Crippen molar-refractivity contribution in [3.05, 3.63) is 41.1 Å². The summed E-state index contributed by atoms with van der Waals surface area (Å²) in [5.41, 5.74) is -0.766. The molecule has 1 fully saturated rings. The number of fused-ring (bicyclic) bond motifs is 1. The van der Waals surface area contributed by atoms with Crippen molar-refractivity contribution in [1.29, 1.82) is 0 Å². The summed E-state index contributed by atoms with van der Waals surface area (Å²) >= 11 is 5.79. The largest absolute Gasteiger partial charge is 0.478 e. The van der Waals surface area contributed by atoms with Gasteiger partial charge in [-0.25, -0.2) is 22.8 Å². The highest BCUT2D eigenvalue weighted by Crippen LogP contribution is 2.36. The highest BCUT2D eigenvalue weighted by molar-refractivity contribution is 7.91. The van der Waals surface area contributed by atoms with Crippen LogP contribution in [0, 0.1) is 5.82 Å². The van der Waals surface area contributed by atoms with Gasteiger partial charge in [0.05, 0.1) is 22.0 Å². The minimum absolute atomic E-state index is 0.0213. The van der Waals surface area contributed by atoms with Crippen molar-refractivity contribution in [3.63, 3.8) is 0 Å². The highest BCUT2D eigenvalue weighted by atomic mass is 35.5. The number of aryl methyl sites for hydroxylation is 1. The van der Waals surface area contributed by atoms with Gasteiger partial charge in [0.15, 0.2) is 29.7 Å². The number of imidazole rings is 1. The number of amides is 1. The predicted molar refractivity (Wildman–Crippen MR) is 125 cm³/mol. The van der Waals surface area contributed by atoms with Crippen molar-refractivity contribution < 1.29 is 40.2 Å². The normalized spacial score (nSPS) is 16.9. The van der Waals surface area contributed by atoms with E-state index in [2.05, 4.69) is 15.3 Å². The van der Waals surface area contributed by atoms with E-state index in [0.29, 0.717) is 0 Å². The molecule has 0 bridgehead atoms. The first-order valence-electron chi connectivity index (χ1n) is 10.9. The SMILES string of the molecule is Cn1c(C(=O)NC2(C)CCS(=O)(=O)CC2)nc2ccc(Oc3ncc(Cl)cc3OCC(F)(F)F)c(F)c21. The van der Waals surface area contributed by atoms with E-state index in [1.165, 1.54) is 23.7 Å². The van der Waals surface area contributed by atoms with E-state index in [9.17, 15) is 26.4 Å². The third-order valence-corrected chi connectivity index (χ3v) is 7.73. The maximum atomic E-state index is 15.4. The summed E-state index contributed by atoms with van der Waals surface area (Å²) in [6, 6.07) is 3.60. The number of aromatic nitrogens is 3. The van der Waals surface area contributed by atoms with Crippen LogP contribution >= 0.6 is 11.6 Å². The molecule has 3 heterocycles. The second-order valence-corrected chi connectivity index (χ2v) is 11.6. The molecule has 0 aliphatic carbocycles. The van der Waals surface area contributed by atoms with Gasteiger partial charge in [-0.05, 0) is 31.9 Å². The molecule has 1 aromatic carbocycles. The molecule has 0 saturated carbocycles. The standard InChI is InChI=1S/C22H21ClF4N4O5S/c1-21(5-7-37(33,34)8-6-21)30-19(32)18-29-13-3-4-14(16(24)17(13)31(18)2)36-20-15(9-12(23)10-28-20)35-11-22(25,26)27/h3-4,9-10H,5-8,11H2,1-2H3,(H,30,32). The summed E-state index contributed by atoms with van der Waals surface area (Å²) in [7, 11) is -1.74. The molecular weight excluding hydrogens is 544 g/mol. The number of ether oxygens (including phenoxy) is 2. The molecular formula is C22H21ClF4N4O5S. The predicted octanol–water partition coefficient (Wildman–Crippen LogP) is 4.19. The Labute approximate surface area is 213 Å². The van der Waals surface area contributed by atoms with Crippen LogP contribution in [0.3, 0.4) is 0 Å². The lowest BCUT2D eigenvalue weighted by molar-refractivity contribution is -0.153. The van der Waals surface area contributed by atoms with Gasteiger partial charge in [0.1, 0.15) is 15.4 Å². The first-order valence-corrected chi connectivity index (χ1v) is 13.1. The molecule has 200 valence electrons. The second kappa shape index (κ2) is 9.63. The van der Waals surface area contributed by atoms with Crippen LogP contribution in [0.25, 0.3) is 11.0 Å². The average Bonchev–Trinajstić information content (AvgIpc) is 3.14. The van der Waals surface area contributed by atoms with Crippen LogP contribution in [0.15, 0.2) is 24.4 Å². The summed E-state index contributed by atoms with van der Waals surface area (Å²) in [5.74, 6) is -3.11. The zero-order valence-electron chi connectivity index (χ0n) is 19.5. The Balaban J connectivity index is 1.61. The first-order chi connectivity index (χ1) is 17.2. The van der Waals surface area contributed by atoms with Crippen LogP contribution in [-0.4, -0.2) is 58.7 Å². The molecule has 1 saturated heterocycles. The number of benzene rings is 1. The fourth-order valence-corrected chi connectivity index (χ4v) is 5.69. The Morgan fingerprint density at radius 2 is 1.92 bits per heavy atom. The minimum atomic E-state index is -4.64. The number of carbonyl (C=O) groups is 1. The first kappa shape index (κ1) is 26.9. The Morgan fingerprint density at radius 1 is 1.24 bits per heavy atom. The number of nitrogens with one attached hydrogen (secondary N) is 1. The minimum Gasteiger partial charge on any atom is -0.478 e. The van der Waals surface area contributed by atoms with Crippen molar-refractivity contribution in [2.45, 2.75) is 31.5 Å². The molecule has 1 amide bonds. The topological polar surface area (TPSA) is 112 Å². The van der Waals surface area contributed by atoms with Crippen LogP contribution in [-0.2, 0) is 16.9 Å². The van der Waals surface area contributed by atoms with E-state index in [1.807, 2.05) is 0 Å². The third-order valence-electron chi connectivity index (χ3n) is 5.87. The quantitative estimate of drug-likeness (QED) is 0.447. The van der Waals surface area contributed by atoms with E-state index < -0.39 is 57.3 Å². The molecule has 1 aliphatic rings. The van der Waals surface area contributed by atoms with Gasteiger partial charge in [-0.3, -0.25) is 4.79 Å². The number of rotatable bonds is 6. The van der Waals surface area contributed by atoms with Gasteiger partial charge in [-0.1, -0.05) is 11.6 Å². The van der Waals surface area contributed by atoms with Crippen LogP contribution in [0.4, 0.5) is 17.6 Å². The Kier molecular flexibility index (Phi) is 7.01. The third kappa shape index (κ3) is 6.06. The number of alkyl halides is 3. The summed E-state index contributed by atoms with van der Waals surface area (Å²) in [6.07, 6.45) is -3.09. The van der Waals surface area contributed by atoms with Gasteiger partial charge in [0.2, 0.25) is 0 Å². The van der Waals surface area contributed by atoms with Crippen molar-refractivity contribution >= 4 is 38.4 Å². The molecule has 2 aromatic heterocycles. The molecule has 15 heteroatoms.